The average molecular weight is 665 g/mol. The van der Waals surface area contributed by atoms with E-state index in [0.717, 1.165) is 28.9 Å². The molecule has 0 fully saturated rings. The molecule has 0 atom stereocenters. The van der Waals surface area contributed by atoms with Crippen molar-refractivity contribution in [2.45, 2.75) is 18.7 Å². The zero-order valence-electron chi connectivity index (χ0n) is 22.5. The largest absolute Gasteiger partial charge is 0.481 e. The Bertz CT molecular complexity index is 1550. The lowest BCUT2D eigenvalue weighted by atomic mass is 10.1. The molecule has 8 N–H and O–H groups in total. The Hall–Kier alpha value is -4.13. The summed E-state index contributed by atoms with van der Waals surface area (Å²) in [5, 5.41) is 10.4. The Labute approximate surface area is 252 Å². The maximum absolute atomic E-state index is 12.0. The third-order valence-electron chi connectivity index (χ3n) is 4.64. The highest BCUT2D eigenvalue weighted by Gasteiger charge is 2.11. The number of sulfone groups is 1. The second kappa shape index (κ2) is 16.9. The van der Waals surface area contributed by atoms with Crippen molar-refractivity contribution < 1.29 is 23.1 Å². The number of pyridine rings is 1. The van der Waals surface area contributed by atoms with Gasteiger partial charge < -0.3 is 27.6 Å². The number of hydrogen-bond acceptors (Lipinski definition) is 8. The Morgan fingerprint density at radius 2 is 1.46 bits per heavy atom. The minimum absolute atomic E-state index is 0.104. The standard InChI is InChI=1S/C14H14N2O.C7H8ClNO2S.C5H5BrN2.C2H4O2/c1-10-4-2-3-5-13(10)14(17)16-12-8-6-11(15)7-9-12;1-12(10,11)7-3-2-5(9)4-6(7)8;6-4-1-5(7)3-8-2-4;1-2(3)4/h2-9H,15H2,1H3,(H,16,17);2-4H,9H2,1H3;1-3H,7H2;1H3,(H,3,4). The van der Waals surface area contributed by atoms with Crippen molar-refractivity contribution in [3.63, 3.8) is 0 Å². The highest BCUT2D eigenvalue weighted by atomic mass is 79.9. The highest BCUT2D eigenvalue weighted by Crippen LogP contribution is 2.23. The normalized spacial score (nSPS) is 9.88. The lowest BCUT2D eigenvalue weighted by Gasteiger charge is -2.07. The molecule has 41 heavy (non-hydrogen) atoms. The number of halogens is 2. The van der Waals surface area contributed by atoms with Crippen LogP contribution in [0.25, 0.3) is 0 Å². The molecule has 3 aromatic carbocycles. The number of carboxylic acids is 1. The van der Waals surface area contributed by atoms with Gasteiger partial charge in [-0.2, -0.15) is 0 Å². The van der Waals surface area contributed by atoms with Crippen LogP contribution in [0.1, 0.15) is 22.8 Å². The van der Waals surface area contributed by atoms with Crippen LogP contribution in [0.5, 0.6) is 0 Å². The molecule has 0 unspecified atom stereocenters. The monoisotopic (exact) mass is 663 g/mol. The lowest BCUT2D eigenvalue weighted by Crippen LogP contribution is -2.13. The molecule has 0 aliphatic carbocycles. The molecule has 4 aromatic rings. The van der Waals surface area contributed by atoms with Crippen LogP contribution in [0.2, 0.25) is 5.02 Å². The molecular formula is C28H31BrClN5O5S. The summed E-state index contributed by atoms with van der Waals surface area (Å²) in [4.78, 5) is 24.9. The number of amides is 1. The fourth-order valence-electron chi connectivity index (χ4n) is 2.84. The van der Waals surface area contributed by atoms with Crippen molar-refractivity contribution in [1.29, 1.82) is 0 Å². The second-order valence-corrected chi connectivity index (χ2v) is 11.6. The average Bonchev–Trinajstić information content (AvgIpc) is 2.85. The summed E-state index contributed by atoms with van der Waals surface area (Å²) in [6.07, 6.45) is 4.39. The van der Waals surface area contributed by atoms with Crippen molar-refractivity contribution in [2.24, 2.45) is 0 Å². The summed E-state index contributed by atoms with van der Waals surface area (Å²) in [6, 6.07) is 20.7. The number of carbonyl (C=O) groups is 2. The first-order chi connectivity index (χ1) is 19.1. The van der Waals surface area contributed by atoms with Gasteiger partial charge in [0.05, 0.1) is 15.6 Å². The van der Waals surface area contributed by atoms with Gasteiger partial charge >= 0.3 is 0 Å². The maximum atomic E-state index is 12.0. The molecule has 4 rings (SSSR count). The summed E-state index contributed by atoms with van der Waals surface area (Å²) in [6.45, 7) is 3.00. The van der Waals surface area contributed by atoms with Gasteiger partial charge in [0.1, 0.15) is 0 Å². The Balaban J connectivity index is 0.000000305. The Kier molecular flexibility index (Phi) is 14.3. The van der Waals surface area contributed by atoms with Crippen LogP contribution in [0, 0.1) is 6.92 Å². The van der Waals surface area contributed by atoms with Crippen molar-refractivity contribution in [2.75, 3.05) is 28.8 Å². The number of nitrogens with one attached hydrogen (secondary N) is 1. The van der Waals surface area contributed by atoms with Gasteiger partial charge in [-0.15, -0.1) is 0 Å². The topological polar surface area (TPSA) is 191 Å². The van der Waals surface area contributed by atoms with Crippen LogP contribution >= 0.6 is 27.5 Å². The summed E-state index contributed by atoms with van der Waals surface area (Å²) in [5.74, 6) is -0.937. The van der Waals surface area contributed by atoms with Gasteiger partial charge in [-0.05, 0) is 83.0 Å². The van der Waals surface area contributed by atoms with Crippen LogP contribution in [0.3, 0.4) is 0 Å². The number of carboxylic acid groups (broad SMARTS) is 1. The molecule has 1 aromatic heterocycles. The summed E-state index contributed by atoms with van der Waals surface area (Å²) in [5.41, 5.74) is 20.5. The molecule has 10 nitrogen and oxygen atoms in total. The van der Waals surface area contributed by atoms with E-state index in [0.29, 0.717) is 22.6 Å². The fourth-order valence-corrected chi connectivity index (χ4v) is 4.56. The molecule has 1 heterocycles. The Morgan fingerprint density at radius 3 is 1.93 bits per heavy atom. The molecule has 0 spiro atoms. The number of carbonyl (C=O) groups excluding carboxylic acids is 1. The molecular weight excluding hydrogens is 634 g/mol. The fraction of sp³-hybridized carbons (Fsp3) is 0.107. The van der Waals surface area contributed by atoms with E-state index < -0.39 is 15.8 Å². The number of rotatable bonds is 3. The molecule has 0 bridgehead atoms. The minimum atomic E-state index is -3.24. The zero-order chi connectivity index (χ0) is 31.2. The van der Waals surface area contributed by atoms with Crippen LogP contribution in [-0.2, 0) is 14.6 Å². The second-order valence-electron chi connectivity index (χ2n) is 8.31. The number of hydrogen-bond donors (Lipinski definition) is 5. The quantitative estimate of drug-likeness (QED) is 0.172. The molecule has 218 valence electrons. The third-order valence-corrected chi connectivity index (χ3v) is 6.65. The first-order valence-electron chi connectivity index (χ1n) is 11.6. The van der Waals surface area contributed by atoms with E-state index in [4.69, 9.17) is 38.7 Å². The van der Waals surface area contributed by atoms with Gasteiger partial charge in [-0.25, -0.2) is 8.42 Å². The number of anilines is 4. The van der Waals surface area contributed by atoms with E-state index in [1.54, 1.807) is 42.7 Å². The molecule has 0 aliphatic heterocycles. The zero-order valence-corrected chi connectivity index (χ0v) is 25.7. The van der Waals surface area contributed by atoms with Crippen molar-refractivity contribution in [3.8, 4) is 0 Å². The van der Waals surface area contributed by atoms with Crippen LogP contribution in [0.4, 0.5) is 22.7 Å². The third kappa shape index (κ3) is 14.2. The molecule has 13 heteroatoms. The van der Waals surface area contributed by atoms with E-state index in [2.05, 4.69) is 26.2 Å². The van der Waals surface area contributed by atoms with Gasteiger partial charge in [0, 0.05) is 52.7 Å². The minimum Gasteiger partial charge on any atom is -0.481 e. The van der Waals surface area contributed by atoms with E-state index in [9.17, 15) is 13.2 Å². The van der Waals surface area contributed by atoms with Crippen LogP contribution < -0.4 is 22.5 Å². The highest BCUT2D eigenvalue weighted by molar-refractivity contribution is 9.10. The van der Waals surface area contributed by atoms with Gasteiger partial charge in [-0.1, -0.05) is 29.8 Å². The summed E-state index contributed by atoms with van der Waals surface area (Å²) in [7, 11) is -3.24. The van der Waals surface area contributed by atoms with E-state index in [1.807, 2.05) is 31.2 Å². The van der Waals surface area contributed by atoms with Gasteiger partial charge in [0.25, 0.3) is 11.9 Å². The van der Waals surface area contributed by atoms with Crippen LogP contribution in [-0.4, -0.2) is 36.6 Å². The molecule has 0 saturated carbocycles. The van der Waals surface area contributed by atoms with Gasteiger partial charge in [0.2, 0.25) is 0 Å². The smallest absolute Gasteiger partial charge is 0.300 e. The molecule has 1 amide bonds. The van der Waals surface area contributed by atoms with Crippen molar-refractivity contribution >= 4 is 72.0 Å². The number of aliphatic carboxylic acids is 1. The van der Waals surface area contributed by atoms with E-state index in [-0.39, 0.29) is 15.8 Å². The van der Waals surface area contributed by atoms with Gasteiger partial charge in [-0.3, -0.25) is 14.6 Å². The number of nitrogens with zero attached hydrogens (tertiary/aromatic N) is 1. The maximum Gasteiger partial charge on any atom is 0.300 e. The number of aryl methyl sites for hydroxylation is 1. The first-order valence-corrected chi connectivity index (χ1v) is 14.7. The van der Waals surface area contributed by atoms with Gasteiger partial charge in [0.15, 0.2) is 9.84 Å². The number of benzene rings is 3. The number of nitrogens with two attached hydrogens (primary N) is 3. The number of nitrogen functional groups attached to an aromatic ring is 3. The predicted molar refractivity (Wildman–Crippen MR) is 169 cm³/mol. The Morgan fingerprint density at radius 1 is 0.902 bits per heavy atom. The van der Waals surface area contributed by atoms with Crippen LogP contribution in [0.15, 0.2) is 94.6 Å². The SMILES string of the molecule is CC(=O)O.CS(=O)(=O)c1ccc(N)cc1Cl.Cc1ccccc1C(=O)Nc1ccc(N)cc1.Nc1cncc(Br)c1. The summed E-state index contributed by atoms with van der Waals surface area (Å²) >= 11 is 8.87. The first kappa shape index (κ1) is 34.9. The predicted octanol–water partition coefficient (Wildman–Crippen LogP) is 5.67. The van der Waals surface area contributed by atoms with Crippen molar-refractivity contribution in [3.05, 3.63) is 106 Å². The number of aromatic nitrogens is 1. The van der Waals surface area contributed by atoms with Crippen molar-refractivity contribution in [1.82, 2.24) is 4.98 Å². The summed E-state index contributed by atoms with van der Waals surface area (Å²) < 4.78 is 23.0. The molecule has 0 saturated heterocycles. The molecule has 0 aliphatic rings. The van der Waals surface area contributed by atoms with E-state index >= 15 is 0 Å². The lowest BCUT2D eigenvalue weighted by molar-refractivity contribution is -0.134. The molecule has 0 radical (unpaired) electrons. The van der Waals surface area contributed by atoms with E-state index in [1.165, 1.54) is 18.2 Å².